The van der Waals surface area contributed by atoms with Gasteiger partial charge in [-0.25, -0.2) is 0 Å². The quantitative estimate of drug-likeness (QED) is 0.504. The molecule has 0 spiro atoms. The lowest BCUT2D eigenvalue weighted by molar-refractivity contribution is -0.141. The van der Waals surface area contributed by atoms with Crippen LogP contribution in [0, 0.1) is 0 Å². The number of phenols is 2. The highest BCUT2D eigenvalue weighted by molar-refractivity contribution is 5.70. The fourth-order valence-electron chi connectivity index (χ4n) is 1.22. The second-order valence-electron chi connectivity index (χ2n) is 3.10. The molecule has 1 aromatic rings. The largest absolute Gasteiger partial charge is 0.504 e. The van der Waals surface area contributed by atoms with Crippen molar-refractivity contribution in [3.05, 3.63) is 23.8 Å². The van der Waals surface area contributed by atoms with Crippen molar-refractivity contribution in [2.24, 2.45) is 5.73 Å². The van der Waals surface area contributed by atoms with Crippen LogP contribution in [0.1, 0.15) is 18.0 Å². The molecule has 82 valence electrons. The molecule has 0 aliphatic rings. The normalized spacial score (nSPS) is 12.1. The lowest BCUT2D eigenvalue weighted by Crippen LogP contribution is -2.16. The summed E-state index contributed by atoms with van der Waals surface area (Å²) in [6.45, 7) is 0. The number of esters is 1. The first-order chi connectivity index (χ1) is 7.06. The van der Waals surface area contributed by atoms with Crippen LogP contribution in [0.4, 0.5) is 0 Å². The number of carbonyl (C=O) groups excluding carboxylic acids is 1. The Bertz CT molecular complexity index is 364. The van der Waals surface area contributed by atoms with Gasteiger partial charge < -0.3 is 20.7 Å². The van der Waals surface area contributed by atoms with Crippen molar-refractivity contribution < 1.29 is 19.7 Å². The van der Waals surface area contributed by atoms with E-state index in [4.69, 9.17) is 5.73 Å². The van der Waals surface area contributed by atoms with Crippen LogP contribution in [0.5, 0.6) is 11.5 Å². The minimum absolute atomic E-state index is 0.0481. The molecule has 1 atom stereocenters. The van der Waals surface area contributed by atoms with Gasteiger partial charge in [0, 0.05) is 11.6 Å². The summed E-state index contributed by atoms with van der Waals surface area (Å²) in [7, 11) is 1.26. The molecular formula is C10H13NO4. The second-order valence-corrected chi connectivity index (χ2v) is 3.10. The van der Waals surface area contributed by atoms with Crippen LogP contribution in [-0.2, 0) is 9.53 Å². The van der Waals surface area contributed by atoms with Crippen LogP contribution in [0.25, 0.3) is 0 Å². The van der Waals surface area contributed by atoms with Crippen LogP contribution < -0.4 is 5.73 Å². The third-order valence-electron chi connectivity index (χ3n) is 2.06. The summed E-state index contributed by atoms with van der Waals surface area (Å²) < 4.78 is 4.45. The lowest BCUT2D eigenvalue weighted by atomic mass is 10.0. The van der Waals surface area contributed by atoms with Crippen LogP contribution >= 0.6 is 0 Å². The Morgan fingerprint density at radius 1 is 1.53 bits per heavy atom. The predicted molar refractivity (Wildman–Crippen MR) is 53.3 cm³/mol. The summed E-state index contributed by atoms with van der Waals surface area (Å²) in [6, 6.07) is 3.73. The molecule has 0 bridgehead atoms. The van der Waals surface area contributed by atoms with E-state index >= 15 is 0 Å². The number of aromatic hydroxyl groups is 2. The van der Waals surface area contributed by atoms with E-state index in [9.17, 15) is 15.0 Å². The molecular weight excluding hydrogens is 198 g/mol. The van der Waals surface area contributed by atoms with Gasteiger partial charge in [0.1, 0.15) is 0 Å². The predicted octanol–water partition coefficient (Wildman–Crippen LogP) is 0.661. The number of benzene rings is 1. The van der Waals surface area contributed by atoms with Crippen molar-refractivity contribution in [1.82, 2.24) is 0 Å². The Morgan fingerprint density at radius 2 is 2.20 bits per heavy atom. The molecule has 15 heavy (non-hydrogen) atoms. The number of nitrogens with two attached hydrogens (primary N) is 1. The minimum atomic E-state index is -0.690. The molecule has 0 heterocycles. The van der Waals surface area contributed by atoms with Gasteiger partial charge in [0.05, 0.1) is 13.5 Å². The highest BCUT2D eigenvalue weighted by atomic mass is 16.5. The SMILES string of the molecule is COC(=O)C[C@H](N)c1cccc(O)c1O. The van der Waals surface area contributed by atoms with Crippen molar-refractivity contribution >= 4 is 5.97 Å². The third kappa shape index (κ3) is 2.60. The minimum Gasteiger partial charge on any atom is -0.504 e. The Kier molecular flexibility index (Phi) is 3.51. The van der Waals surface area contributed by atoms with Crippen LogP contribution in [0.15, 0.2) is 18.2 Å². The molecule has 0 aromatic heterocycles. The molecule has 5 heteroatoms. The number of hydrogen-bond acceptors (Lipinski definition) is 5. The fourth-order valence-corrected chi connectivity index (χ4v) is 1.22. The van der Waals surface area contributed by atoms with E-state index in [0.29, 0.717) is 5.56 Å². The average molecular weight is 211 g/mol. The van der Waals surface area contributed by atoms with Crippen molar-refractivity contribution in [2.75, 3.05) is 7.11 Å². The molecule has 0 fully saturated rings. The number of phenolic OH excluding ortho intramolecular Hbond substituents is 2. The smallest absolute Gasteiger partial charge is 0.307 e. The number of carbonyl (C=O) groups is 1. The number of para-hydroxylation sites is 1. The van der Waals surface area contributed by atoms with E-state index in [1.807, 2.05) is 0 Å². The molecule has 0 saturated heterocycles. The molecule has 0 aliphatic heterocycles. The Hall–Kier alpha value is -1.75. The standard InChI is InChI=1S/C10H13NO4/c1-15-9(13)5-7(11)6-3-2-4-8(12)10(6)14/h2-4,7,12,14H,5,11H2,1H3/t7-/m0/s1. The molecule has 5 nitrogen and oxygen atoms in total. The first-order valence-corrected chi connectivity index (χ1v) is 4.39. The zero-order chi connectivity index (χ0) is 11.4. The van der Waals surface area contributed by atoms with Gasteiger partial charge in [0.25, 0.3) is 0 Å². The number of rotatable bonds is 3. The molecule has 0 saturated carbocycles. The molecule has 0 unspecified atom stereocenters. The van der Waals surface area contributed by atoms with E-state index in [1.165, 1.54) is 13.2 Å². The van der Waals surface area contributed by atoms with Crippen LogP contribution in [-0.4, -0.2) is 23.3 Å². The van der Waals surface area contributed by atoms with Crippen LogP contribution in [0.3, 0.4) is 0 Å². The molecule has 0 aliphatic carbocycles. The van der Waals surface area contributed by atoms with Gasteiger partial charge >= 0.3 is 5.97 Å². The summed E-state index contributed by atoms with van der Waals surface area (Å²) in [6.07, 6.45) is -0.0481. The highest BCUT2D eigenvalue weighted by Crippen LogP contribution is 2.32. The summed E-state index contributed by atoms with van der Waals surface area (Å²) in [5.41, 5.74) is 5.99. The van der Waals surface area contributed by atoms with Gasteiger partial charge in [-0.2, -0.15) is 0 Å². The van der Waals surface area contributed by atoms with Gasteiger partial charge in [-0.05, 0) is 6.07 Å². The van der Waals surface area contributed by atoms with Crippen molar-refractivity contribution in [3.8, 4) is 11.5 Å². The zero-order valence-electron chi connectivity index (χ0n) is 8.30. The molecule has 1 rings (SSSR count). The highest BCUT2D eigenvalue weighted by Gasteiger charge is 2.16. The Balaban J connectivity index is 2.86. The topological polar surface area (TPSA) is 92.8 Å². The molecule has 0 amide bonds. The maximum absolute atomic E-state index is 10.9. The zero-order valence-corrected chi connectivity index (χ0v) is 8.30. The van der Waals surface area contributed by atoms with Gasteiger partial charge in [-0.3, -0.25) is 4.79 Å². The maximum Gasteiger partial charge on any atom is 0.307 e. The summed E-state index contributed by atoms with van der Waals surface area (Å²) >= 11 is 0. The number of methoxy groups -OCH3 is 1. The fraction of sp³-hybridized carbons (Fsp3) is 0.300. The first-order valence-electron chi connectivity index (χ1n) is 4.39. The molecule has 4 N–H and O–H groups in total. The molecule has 1 aromatic carbocycles. The van der Waals surface area contributed by atoms with Crippen molar-refractivity contribution in [2.45, 2.75) is 12.5 Å². The monoisotopic (exact) mass is 211 g/mol. The van der Waals surface area contributed by atoms with E-state index in [-0.39, 0.29) is 17.9 Å². The lowest BCUT2D eigenvalue weighted by Gasteiger charge is -2.12. The first kappa shape index (κ1) is 11.3. The average Bonchev–Trinajstić information content (AvgIpc) is 2.21. The third-order valence-corrected chi connectivity index (χ3v) is 2.06. The van der Waals surface area contributed by atoms with Crippen molar-refractivity contribution in [1.29, 1.82) is 0 Å². The van der Waals surface area contributed by atoms with Gasteiger partial charge in [0.2, 0.25) is 0 Å². The molecule has 0 radical (unpaired) electrons. The van der Waals surface area contributed by atoms with E-state index < -0.39 is 12.0 Å². The van der Waals surface area contributed by atoms with E-state index in [0.717, 1.165) is 0 Å². The number of ether oxygens (including phenoxy) is 1. The van der Waals surface area contributed by atoms with Gasteiger partial charge in [-0.1, -0.05) is 12.1 Å². The van der Waals surface area contributed by atoms with Crippen LogP contribution in [0.2, 0.25) is 0 Å². The van der Waals surface area contributed by atoms with Crippen molar-refractivity contribution in [3.63, 3.8) is 0 Å². The Labute approximate surface area is 87.1 Å². The van der Waals surface area contributed by atoms with E-state index in [2.05, 4.69) is 4.74 Å². The Morgan fingerprint density at radius 3 is 2.80 bits per heavy atom. The second kappa shape index (κ2) is 4.65. The summed E-state index contributed by atoms with van der Waals surface area (Å²) in [5.74, 6) is -1.02. The summed E-state index contributed by atoms with van der Waals surface area (Å²) in [4.78, 5) is 10.9. The summed E-state index contributed by atoms with van der Waals surface area (Å²) in [5, 5.41) is 18.7. The maximum atomic E-state index is 10.9. The van der Waals surface area contributed by atoms with E-state index in [1.54, 1.807) is 12.1 Å². The van der Waals surface area contributed by atoms with Gasteiger partial charge in [-0.15, -0.1) is 0 Å². The number of hydrogen-bond donors (Lipinski definition) is 3. The van der Waals surface area contributed by atoms with Gasteiger partial charge in [0.15, 0.2) is 11.5 Å².